The van der Waals surface area contributed by atoms with E-state index in [-0.39, 0.29) is 5.69 Å². The van der Waals surface area contributed by atoms with Crippen LogP contribution in [-0.4, -0.2) is 19.2 Å². The van der Waals surface area contributed by atoms with Crippen LogP contribution in [0.15, 0.2) is 36.4 Å². The molecule has 5 nitrogen and oxygen atoms in total. The standard InChI is InChI=1S/C15H12F2N2O3/c16-11-3-1-9(7-12(11)17)18-15(20)19-10-2-4-13-14(8-10)22-6-5-21-13/h1-4,7-8H,5-6H2,(H2,18,19,20). The molecule has 0 radical (unpaired) electrons. The maximum atomic E-state index is 13.1. The molecular weight excluding hydrogens is 294 g/mol. The van der Waals surface area contributed by atoms with E-state index < -0.39 is 17.7 Å². The van der Waals surface area contributed by atoms with Crippen LogP contribution in [-0.2, 0) is 0 Å². The fraction of sp³-hybridized carbons (Fsp3) is 0.133. The molecule has 3 rings (SSSR count). The fourth-order valence-electron chi connectivity index (χ4n) is 1.99. The Morgan fingerprint density at radius 2 is 1.50 bits per heavy atom. The lowest BCUT2D eigenvalue weighted by Crippen LogP contribution is -2.20. The number of amides is 2. The van der Waals surface area contributed by atoms with Crippen molar-refractivity contribution in [3.63, 3.8) is 0 Å². The minimum atomic E-state index is -1.03. The van der Waals surface area contributed by atoms with E-state index in [0.717, 1.165) is 12.1 Å². The van der Waals surface area contributed by atoms with Gasteiger partial charge in [-0.25, -0.2) is 13.6 Å². The molecule has 2 N–H and O–H groups in total. The number of carbonyl (C=O) groups is 1. The first-order valence-corrected chi connectivity index (χ1v) is 6.54. The molecule has 0 spiro atoms. The predicted molar refractivity (Wildman–Crippen MR) is 76.4 cm³/mol. The van der Waals surface area contributed by atoms with Gasteiger partial charge in [0.1, 0.15) is 13.2 Å². The largest absolute Gasteiger partial charge is 0.486 e. The van der Waals surface area contributed by atoms with Gasteiger partial charge in [-0.2, -0.15) is 0 Å². The molecule has 114 valence electrons. The van der Waals surface area contributed by atoms with E-state index in [0.29, 0.717) is 30.4 Å². The molecule has 7 heteroatoms. The molecule has 0 unspecified atom stereocenters. The lowest BCUT2D eigenvalue weighted by molar-refractivity contribution is 0.171. The molecule has 0 bridgehead atoms. The maximum Gasteiger partial charge on any atom is 0.323 e. The minimum Gasteiger partial charge on any atom is -0.486 e. The van der Waals surface area contributed by atoms with Crippen molar-refractivity contribution in [1.29, 1.82) is 0 Å². The Morgan fingerprint density at radius 1 is 0.864 bits per heavy atom. The zero-order valence-corrected chi connectivity index (χ0v) is 11.4. The number of carbonyl (C=O) groups excluding carboxylic acids is 1. The zero-order chi connectivity index (χ0) is 15.5. The van der Waals surface area contributed by atoms with Gasteiger partial charge in [-0.15, -0.1) is 0 Å². The summed E-state index contributed by atoms with van der Waals surface area (Å²) in [6, 6.07) is 7.48. The van der Waals surface area contributed by atoms with Crippen LogP contribution in [0.5, 0.6) is 11.5 Å². The SMILES string of the molecule is O=C(Nc1ccc(F)c(F)c1)Nc1ccc2c(c1)OCCO2. The molecule has 2 aromatic carbocycles. The van der Waals surface area contributed by atoms with E-state index in [1.807, 2.05) is 0 Å². The highest BCUT2D eigenvalue weighted by Crippen LogP contribution is 2.32. The molecule has 0 saturated heterocycles. The van der Waals surface area contributed by atoms with E-state index >= 15 is 0 Å². The molecule has 2 aromatic rings. The molecule has 1 aliphatic rings. The summed E-state index contributed by atoms with van der Waals surface area (Å²) in [4.78, 5) is 11.8. The summed E-state index contributed by atoms with van der Waals surface area (Å²) in [5.74, 6) is -0.857. The second-order valence-corrected chi connectivity index (χ2v) is 4.57. The quantitative estimate of drug-likeness (QED) is 0.894. The molecule has 1 heterocycles. The van der Waals surface area contributed by atoms with Crippen LogP contribution >= 0.6 is 0 Å². The number of hydrogen-bond acceptors (Lipinski definition) is 3. The van der Waals surface area contributed by atoms with Gasteiger partial charge in [0.25, 0.3) is 0 Å². The number of halogens is 2. The molecule has 0 aromatic heterocycles. The van der Waals surface area contributed by atoms with E-state index in [4.69, 9.17) is 9.47 Å². The molecule has 0 aliphatic carbocycles. The molecule has 1 aliphatic heterocycles. The Kier molecular flexibility index (Phi) is 3.78. The van der Waals surface area contributed by atoms with Crippen LogP contribution in [0.3, 0.4) is 0 Å². The fourth-order valence-corrected chi connectivity index (χ4v) is 1.99. The number of ether oxygens (including phenoxy) is 2. The molecule has 22 heavy (non-hydrogen) atoms. The Bertz CT molecular complexity index is 722. The smallest absolute Gasteiger partial charge is 0.323 e. The summed E-state index contributed by atoms with van der Waals surface area (Å²) in [7, 11) is 0. The monoisotopic (exact) mass is 306 g/mol. The summed E-state index contributed by atoms with van der Waals surface area (Å²) < 4.78 is 36.7. The average Bonchev–Trinajstić information content (AvgIpc) is 2.51. The summed E-state index contributed by atoms with van der Waals surface area (Å²) in [6.45, 7) is 0.925. The van der Waals surface area contributed by atoms with Crippen molar-refractivity contribution in [2.75, 3.05) is 23.8 Å². The van der Waals surface area contributed by atoms with Crippen molar-refractivity contribution >= 4 is 17.4 Å². The van der Waals surface area contributed by atoms with Gasteiger partial charge in [0.15, 0.2) is 23.1 Å². The van der Waals surface area contributed by atoms with Crippen molar-refractivity contribution in [3.8, 4) is 11.5 Å². The van der Waals surface area contributed by atoms with Crippen LogP contribution < -0.4 is 20.1 Å². The van der Waals surface area contributed by atoms with Gasteiger partial charge in [0.2, 0.25) is 0 Å². The van der Waals surface area contributed by atoms with Crippen LogP contribution in [0.1, 0.15) is 0 Å². The van der Waals surface area contributed by atoms with Crippen molar-refractivity contribution < 1.29 is 23.0 Å². The highest BCUT2D eigenvalue weighted by Gasteiger charge is 2.13. The van der Waals surface area contributed by atoms with Crippen molar-refractivity contribution in [3.05, 3.63) is 48.0 Å². The highest BCUT2D eigenvalue weighted by molar-refractivity contribution is 5.99. The molecule has 2 amide bonds. The van der Waals surface area contributed by atoms with Crippen LogP contribution in [0.2, 0.25) is 0 Å². The van der Waals surface area contributed by atoms with Gasteiger partial charge < -0.3 is 20.1 Å². The number of nitrogens with one attached hydrogen (secondary N) is 2. The lowest BCUT2D eigenvalue weighted by Gasteiger charge is -2.19. The van der Waals surface area contributed by atoms with E-state index in [2.05, 4.69) is 10.6 Å². The number of fused-ring (bicyclic) bond motifs is 1. The normalized spacial score (nSPS) is 12.6. The molecule has 0 atom stereocenters. The first-order chi connectivity index (χ1) is 10.6. The van der Waals surface area contributed by atoms with Crippen molar-refractivity contribution in [2.24, 2.45) is 0 Å². The summed E-state index contributed by atoms with van der Waals surface area (Å²) in [5, 5.41) is 4.98. The molecule has 0 fully saturated rings. The summed E-state index contributed by atoms with van der Waals surface area (Å²) in [5.41, 5.74) is 0.637. The number of urea groups is 1. The van der Waals surface area contributed by atoms with Crippen LogP contribution in [0.25, 0.3) is 0 Å². The second-order valence-electron chi connectivity index (χ2n) is 4.57. The average molecular weight is 306 g/mol. The van der Waals surface area contributed by atoms with E-state index in [1.165, 1.54) is 6.07 Å². The Balaban J connectivity index is 1.67. The third-order valence-corrected chi connectivity index (χ3v) is 2.98. The Labute approximate surface area is 124 Å². The predicted octanol–water partition coefficient (Wildman–Crippen LogP) is 3.38. The highest BCUT2D eigenvalue weighted by atomic mass is 19.2. The topological polar surface area (TPSA) is 59.6 Å². The van der Waals surface area contributed by atoms with Gasteiger partial charge in [0.05, 0.1) is 0 Å². The summed E-state index contributed by atoms with van der Waals surface area (Å²) in [6.07, 6.45) is 0. The first-order valence-electron chi connectivity index (χ1n) is 6.54. The van der Waals surface area contributed by atoms with Gasteiger partial charge >= 0.3 is 6.03 Å². The van der Waals surface area contributed by atoms with E-state index in [9.17, 15) is 13.6 Å². The molecular formula is C15H12F2N2O3. The van der Waals surface area contributed by atoms with E-state index in [1.54, 1.807) is 18.2 Å². The second kappa shape index (κ2) is 5.88. The number of benzene rings is 2. The number of hydrogen-bond donors (Lipinski definition) is 2. The van der Waals surface area contributed by atoms with Crippen molar-refractivity contribution in [1.82, 2.24) is 0 Å². The van der Waals surface area contributed by atoms with Gasteiger partial charge in [-0.3, -0.25) is 0 Å². The number of anilines is 2. The lowest BCUT2D eigenvalue weighted by atomic mass is 10.2. The zero-order valence-electron chi connectivity index (χ0n) is 11.4. The molecule has 0 saturated carbocycles. The minimum absolute atomic E-state index is 0.147. The van der Waals surface area contributed by atoms with Gasteiger partial charge in [-0.05, 0) is 24.3 Å². The third kappa shape index (κ3) is 3.08. The van der Waals surface area contributed by atoms with Crippen molar-refractivity contribution in [2.45, 2.75) is 0 Å². The van der Waals surface area contributed by atoms with Gasteiger partial charge in [0, 0.05) is 23.5 Å². The Hall–Kier alpha value is -2.83. The summed E-state index contributed by atoms with van der Waals surface area (Å²) >= 11 is 0. The number of rotatable bonds is 2. The van der Waals surface area contributed by atoms with Crippen LogP contribution in [0.4, 0.5) is 25.0 Å². The first kappa shape index (κ1) is 14.1. The third-order valence-electron chi connectivity index (χ3n) is 2.98. The van der Waals surface area contributed by atoms with Gasteiger partial charge in [-0.1, -0.05) is 0 Å². The Morgan fingerprint density at radius 3 is 2.23 bits per heavy atom. The maximum absolute atomic E-state index is 13.1. The van der Waals surface area contributed by atoms with Crippen LogP contribution in [0, 0.1) is 11.6 Å².